The van der Waals surface area contributed by atoms with E-state index in [0.29, 0.717) is 0 Å². The number of rotatable bonds is 15. The molecule has 0 saturated heterocycles. The standard InChI is InChI=1S/C106H114N4/c1-100(2,3)77-34-57-90(58-35-77)109(91-59-36-78(37-60-91)101(4,5)6)88-53-30-75(31-54-88)98-69-82(105(16,17)18)43-66-95(98)72-26-49-86(50-27-72)108(85-47-24-71(25-48-85)94-65-42-81(104(13,14)15)68-97(94)74-22-45-84(107)46-23-74)87-51-28-73(29-52-87)96-67-44-83(106(19,20)21)70-99(96)76-32-55-89(56-33-76)110(92-61-38-79(39-62-92)102(7,8)9)93-63-40-80(41-64-93)103(10,11)12/h22-70H,107H2,1-21H3. The quantitative estimate of drug-likeness (QED) is 0.104. The Balaban J connectivity index is 0.892. The van der Waals surface area contributed by atoms with Gasteiger partial charge in [-0.05, 0) is 265 Å². The lowest BCUT2D eigenvalue weighted by molar-refractivity contribution is 0.590. The topological polar surface area (TPSA) is 35.7 Å². The minimum absolute atomic E-state index is 0.0335. The summed E-state index contributed by atoms with van der Waals surface area (Å²) in [6.07, 6.45) is 0. The van der Waals surface area contributed by atoms with Gasteiger partial charge in [0.1, 0.15) is 0 Å². The molecule has 558 valence electrons. The number of nitrogens with zero attached hydrogens (tertiary/aromatic N) is 3. The highest BCUT2D eigenvalue weighted by Gasteiger charge is 2.27. The molecule has 0 bridgehead atoms. The minimum atomic E-state index is -0.0721. The number of nitrogens with two attached hydrogens (primary N) is 1. The second-order valence-electron chi connectivity index (χ2n) is 37.6. The van der Waals surface area contributed by atoms with Crippen LogP contribution >= 0.6 is 0 Å². The lowest BCUT2D eigenvalue weighted by Crippen LogP contribution is -2.14. The third-order valence-corrected chi connectivity index (χ3v) is 22.0. The van der Waals surface area contributed by atoms with E-state index in [1.54, 1.807) is 0 Å². The molecule has 0 spiro atoms. The molecule has 0 fully saturated rings. The van der Waals surface area contributed by atoms with Gasteiger partial charge in [-0.25, -0.2) is 0 Å². The zero-order valence-electron chi connectivity index (χ0n) is 69.2. The van der Waals surface area contributed by atoms with Crippen LogP contribution < -0.4 is 20.4 Å². The van der Waals surface area contributed by atoms with Crippen LogP contribution in [0.25, 0.3) is 66.8 Å². The maximum Gasteiger partial charge on any atom is 0.0462 e. The molecule has 2 N–H and O–H groups in total. The Labute approximate surface area is 659 Å². The summed E-state index contributed by atoms with van der Waals surface area (Å²) in [6, 6.07) is 112. The van der Waals surface area contributed by atoms with Gasteiger partial charge < -0.3 is 20.4 Å². The van der Waals surface area contributed by atoms with Crippen LogP contribution in [0.3, 0.4) is 0 Å². The summed E-state index contributed by atoms with van der Waals surface area (Å²) in [4.78, 5) is 7.19. The third-order valence-electron chi connectivity index (χ3n) is 22.0. The van der Waals surface area contributed by atoms with Crippen LogP contribution in [0.4, 0.5) is 56.9 Å². The van der Waals surface area contributed by atoms with Crippen LogP contribution in [0, 0.1) is 0 Å². The highest BCUT2D eigenvalue weighted by molar-refractivity contribution is 5.91. The van der Waals surface area contributed by atoms with Gasteiger partial charge in [-0.3, -0.25) is 0 Å². The molecule has 0 amide bonds. The number of hydrogen-bond acceptors (Lipinski definition) is 4. The molecule has 13 rings (SSSR count). The van der Waals surface area contributed by atoms with Gasteiger partial charge in [0.15, 0.2) is 0 Å². The van der Waals surface area contributed by atoms with Crippen LogP contribution in [-0.2, 0) is 37.9 Å². The van der Waals surface area contributed by atoms with Crippen molar-refractivity contribution < 1.29 is 0 Å². The van der Waals surface area contributed by atoms with Crippen LogP contribution in [0.1, 0.15) is 184 Å². The Bertz CT molecular complexity index is 4960. The molecule has 0 saturated carbocycles. The van der Waals surface area contributed by atoms with Crippen LogP contribution in [0.15, 0.2) is 297 Å². The zero-order chi connectivity index (χ0) is 78.6. The van der Waals surface area contributed by atoms with Gasteiger partial charge in [0, 0.05) is 56.9 Å². The average Bonchev–Trinajstić information content (AvgIpc) is 0.813. The second kappa shape index (κ2) is 29.8. The minimum Gasteiger partial charge on any atom is -0.399 e. The predicted molar refractivity (Wildman–Crippen MR) is 478 cm³/mol. The number of hydrogen-bond donors (Lipinski definition) is 1. The smallest absolute Gasteiger partial charge is 0.0462 e. The molecule has 4 heteroatoms. The molecule has 0 aliphatic carbocycles. The van der Waals surface area contributed by atoms with Gasteiger partial charge in [0.25, 0.3) is 0 Å². The van der Waals surface area contributed by atoms with E-state index in [1.165, 1.54) is 72.3 Å². The Kier molecular flexibility index (Phi) is 20.9. The van der Waals surface area contributed by atoms with Crippen molar-refractivity contribution in [3.05, 3.63) is 336 Å². The predicted octanol–water partition coefficient (Wildman–Crippen LogP) is 30.8. The highest BCUT2D eigenvalue weighted by atomic mass is 15.2. The second-order valence-corrected chi connectivity index (χ2v) is 37.6. The summed E-state index contributed by atoms with van der Waals surface area (Å²) in [5.41, 5.74) is 39.9. The van der Waals surface area contributed by atoms with Gasteiger partial charge in [-0.2, -0.15) is 0 Å². The summed E-state index contributed by atoms with van der Waals surface area (Å²) in [5.74, 6) is 0. The lowest BCUT2D eigenvalue weighted by Gasteiger charge is -2.28. The first-order valence-corrected chi connectivity index (χ1v) is 39.5. The van der Waals surface area contributed by atoms with E-state index in [-0.39, 0.29) is 37.9 Å². The van der Waals surface area contributed by atoms with E-state index in [0.717, 1.165) is 90.3 Å². The van der Waals surface area contributed by atoms with E-state index >= 15 is 0 Å². The number of nitrogen functional groups attached to an aromatic ring is 1. The molecule has 0 unspecified atom stereocenters. The lowest BCUT2D eigenvalue weighted by atomic mass is 9.83. The molecule has 0 radical (unpaired) electrons. The van der Waals surface area contributed by atoms with Crippen LogP contribution in [-0.4, -0.2) is 0 Å². The Morgan fingerprint density at radius 1 is 0.155 bits per heavy atom. The van der Waals surface area contributed by atoms with Crippen molar-refractivity contribution in [3.8, 4) is 66.8 Å². The van der Waals surface area contributed by atoms with Gasteiger partial charge in [-0.1, -0.05) is 321 Å². The molecule has 0 aliphatic rings. The Morgan fingerprint density at radius 2 is 0.291 bits per heavy atom. The van der Waals surface area contributed by atoms with Gasteiger partial charge >= 0.3 is 0 Å². The Morgan fingerprint density at radius 3 is 0.455 bits per heavy atom. The fourth-order valence-electron chi connectivity index (χ4n) is 14.9. The summed E-state index contributed by atoms with van der Waals surface area (Å²) in [6.45, 7) is 48.0. The highest BCUT2D eigenvalue weighted by Crippen LogP contribution is 2.47. The van der Waals surface area contributed by atoms with E-state index in [2.05, 4.69) is 445 Å². The molecule has 0 aromatic heterocycles. The van der Waals surface area contributed by atoms with Crippen molar-refractivity contribution in [2.24, 2.45) is 0 Å². The van der Waals surface area contributed by atoms with Gasteiger partial charge in [0.2, 0.25) is 0 Å². The van der Waals surface area contributed by atoms with E-state index in [9.17, 15) is 0 Å². The summed E-state index contributed by atoms with van der Waals surface area (Å²) < 4.78 is 0. The zero-order valence-corrected chi connectivity index (χ0v) is 69.2. The summed E-state index contributed by atoms with van der Waals surface area (Å²) in [7, 11) is 0. The molecular weight excluding hydrogens is 1330 g/mol. The summed E-state index contributed by atoms with van der Waals surface area (Å²) >= 11 is 0. The molecule has 4 nitrogen and oxygen atoms in total. The number of benzene rings is 13. The first-order valence-electron chi connectivity index (χ1n) is 39.5. The van der Waals surface area contributed by atoms with E-state index in [4.69, 9.17) is 5.73 Å². The van der Waals surface area contributed by atoms with Crippen molar-refractivity contribution in [1.82, 2.24) is 0 Å². The van der Waals surface area contributed by atoms with E-state index in [1.807, 2.05) is 12.1 Å². The van der Waals surface area contributed by atoms with E-state index < -0.39 is 0 Å². The fraction of sp³-hybridized carbons (Fsp3) is 0.264. The van der Waals surface area contributed by atoms with Gasteiger partial charge in [-0.15, -0.1) is 0 Å². The molecule has 13 aromatic rings. The van der Waals surface area contributed by atoms with Crippen molar-refractivity contribution in [2.75, 3.05) is 20.4 Å². The van der Waals surface area contributed by atoms with Gasteiger partial charge in [0.05, 0.1) is 0 Å². The normalized spacial score (nSPS) is 12.4. The molecule has 13 aromatic carbocycles. The molecule has 0 aliphatic heterocycles. The maximum atomic E-state index is 6.30. The molecule has 110 heavy (non-hydrogen) atoms. The van der Waals surface area contributed by atoms with Crippen molar-refractivity contribution in [3.63, 3.8) is 0 Å². The monoisotopic (exact) mass is 1440 g/mol. The van der Waals surface area contributed by atoms with Crippen molar-refractivity contribution in [2.45, 2.75) is 183 Å². The first-order chi connectivity index (χ1) is 51.8. The molecule has 0 atom stereocenters. The Hall–Kier alpha value is -10.9. The van der Waals surface area contributed by atoms with Crippen LogP contribution in [0.2, 0.25) is 0 Å². The molecule has 0 heterocycles. The fourth-order valence-corrected chi connectivity index (χ4v) is 14.9. The van der Waals surface area contributed by atoms with Crippen LogP contribution in [0.5, 0.6) is 0 Å². The summed E-state index contributed by atoms with van der Waals surface area (Å²) in [5, 5.41) is 0. The molecular formula is C106H114N4. The first kappa shape index (κ1) is 77.2. The third kappa shape index (κ3) is 16.9. The average molecular weight is 1440 g/mol. The SMILES string of the molecule is CC(C)(C)c1ccc(N(c2ccc(-c3cc(C(C)(C)C)ccc3-c3ccc(N(c4ccc(-c5ccc(C(C)(C)C)cc5-c5ccc(N)cc5)cc4)c4ccc(-c5ccc(C(C)(C)C)cc5-c5ccc(N(c6ccc(C(C)(C)C)cc6)c6ccc(C(C)(C)C)cc6)cc5)cc4)cc3)cc2)c2ccc(C(C)(C)C)cc2)cc1. The van der Waals surface area contributed by atoms with Crippen molar-refractivity contribution >= 4 is 56.9 Å². The number of anilines is 10. The van der Waals surface area contributed by atoms with Crippen molar-refractivity contribution in [1.29, 1.82) is 0 Å². The maximum absolute atomic E-state index is 6.30. The largest absolute Gasteiger partial charge is 0.399 e.